The summed E-state index contributed by atoms with van der Waals surface area (Å²) in [5.41, 5.74) is 1.15. The summed E-state index contributed by atoms with van der Waals surface area (Å²) >= 11 is 0. The van der Waals surface area contributed by atoms with E-state index in [1.165, 1.54) is 12.1 Å². The summed E-state index contributed by atoms with van der Waals surface area (Å²) in [4.78, 5) is 13.2. The zero-order chi connectivity index (χ0) is 22.3. The van der Waals surface area contributed by atoms with E-state index >= 15 is 0 Å². The second-order valence-corrected chi connectivity index (χ2v) is 6.94. The number of guanidine groups is 1. The second-order valence-electron chi connectivity index (χ2n) is 6.94. The number of aromatic nitrogens is 3. The highest BCUT2D eigenvalue weighted by atomic mass is 19.4. The van der Waals surface area contributed by atoms with Gasteiger partial charge in [-0.3, -0.25) is 4.57 Å². The highest BCUT2D eigenvalue weighted by molar-refractivity contribution is 5.79. The van der Waals surface area contributed by atoms with Gasteiger partial charge in [0.2, 0.25) is 0 Å². The van der Waals surface area contributed by atoms with Crippen LogP contribution in [0, 0.1) is 6.92 Å². The Labute approximate surface area is 179 Å². The minimum absolute atomic E-state index is 0.450. The fourth-order valence-electron chi connectivity index (χ4n) is 2.97. The maximum atomic E-state index is 12.7. The first-order chi connectivity index (χ1) is 14.9. The minimum Gasteiger partial charge on any atom is -0.357 e. The Hall–Kier alpha value is -3.36. The Morgan fingerprint density at radius 1 is 1.03 bits per heavy atom. The van der Waals surface area contributed by atoms with Crippen LogP contribution in [0.5, 0.6) is 0 Å². The van der Waals surface area contributed by atoms with Crippen molar-refractivity contribution in [3.05, 3.63) is 77.5 Å². The molecule has 3 rings (SSSR count). The molecule has 0 bridgehead atoms. The van der Waals surface area contributed by atoms with Crippen LogP contribution < -0.4 is 10.6 Å². The lowest BCUT2D eigenvalue weighted by atomic mass is 10.1. The van der Waals surface area contributed by atoms with Gasteiger partial charge >= 0.3 is 6.18 Å². The Bertz CT molecular complexity index is 991. The van der Waals surface area contributed by atoms with E-state index in [1.54, 1.807) is 12.4 Å². The molecule has 0 radical (unpaired) electrons. The minimum atomic E-state index is -4.31. The monoisotopic (exact) mass is 430 g/mol. The number of hydrogen-bond donors (Lipinski definition) is 2. The van der Waals surface area contributed by atoms with Crippen LogP contribution >= 0.6 is 0 Å². The van der Waals surface area contributed by atoms with E-state index in [2.05, 4.69) is 25.6 Å². The van der Waals surface area contributed by atoms with Gasteiger partial charge in [-0.25, -0.2) is 15.0 Å². The summed E-state index contributed by atoms with van der Waals surface area (Å²) < 4.78 is 39.9. The molecule has 2 N–H and O–H groups in total. The molecule has 6 nitrogen and oxygen atoms in total. The first-order valence-electron chi connectivity index (χ1n) is 10.0. The van der Waals surface area contributed by atoms with Crippen LogP contribution in [0.3, 0.4) is 0 Å². The molecule has 3 aromatic rings. The van der Waals surface area contributed by atoms with Crippen molar-refractivity contribution in [2.24, 2.45) is 4.99 Å². The molecule has 0 saturated carbocycles. The highest BCUT2D eigenvalue weighted by Gasteiger charge is 2.29. The molecule has 0 unspecified atom stereocenters. The number of halogens is 3. The van der Waals surface area contributed by atoms with Gasteiger partial charge in [-0.05, 0) is 49.6 Å². The van der Waals surface area contributed by atoms with Crippen LogP contribution in [0.1, 0.15) is 29.4 Å². The Morgan fingerprint density at radius 2 is 1.77 bits per heavy atom. The molecular formula is C22H25F3N6. The number of nitrogens with zero attached hydrogens (tertiary/aromatic N) is 4. The van der Waals surface area contributed by atoms with Gasteiger partial charge in [0.25, 0.3) is 0 Å². The predicted molar refractivity (Wildman–Crippen MR) is 114 cm³/mol. The molecule has 1 aromatic carbocycles. The first kappa shape index (κ1) is 22.3. The molecule has 0 fully saturated rings. The number of nitrogens with one attached hydrogen (secondary N) is 2. The normalized spacial score (nSPS) is 12.1. The third kappa shape index (κ3) is 6.31. The predicted octanol–water partition coefficient (Wildman–Crippen LogP) is 3.89. The highest BCUT2D eigenvalue weighted by Crippen LogP contribution is 2.29. The molecule has 0 aliphatic heterocycles. The fourth-order valence-corrected chi connectivity index (χ4v) is 2.97. The Morgan fingerprint density at radius 3 is 2.35 bits per heavy atom. The number of alkyl halides is 3. The largest absolute Gasteiger partial charge is 0.416 e. The smallest absolute Gasteiger partial charge is 0.357 e. The summed E-state index contributed by atoms with van der Waals surface area (Å²) in [5.74, 6) is 2.30. The number of aliphatic imine (C=N–C) groups is 1. The quantitative estimate of drug-likeness (QED) is 0.441. The zero-order valence-corrected chi connectivity index (χ0v) is 17.4. The van der Waals surface area contributed by atoms with E-state index < -0.39 is 11.7 Å². The van der Waals surface area contributed by atoms with E-state index in [4.69, 9.17) is 0 Å². The van der Waals surface area contributed by atoms with Crippen LogP contribution in [0.4, 0.5) is 13.2 Å². The van der Waals surface area contributed by atoms with Crippen molar-refractivity contribution >= 4 is 5.96 Å². The summed E-state index contributed by atoms with van der Waals surface area (Å²) in [6.07, 6.45) is 1.65. The molecule has 0 aliphatic rings. The van der Waals surface area contributed by atoms with Crippen molar-refractivity contribution in [3.63, 3.8) is 0 Å². The van der Waals surface area contributed by atoms with Crippen molar-refractivity contribution in [3.8, 4) is 5.82 Å². The van der Waals surface area contributed by atoms with E-state index in [9.17, 15) is 13.2 Å². The van der Waals surface area contributed by atoms with Gasteiger partial charge in [0.15, 0.2) is 5.96 Å². The molecule has 2 heterocycles. The van der Waals surface area contributed by atoms with Crippen molar-refractivity contribution in [2.45, 2.75) is 33.0 Å². The molecule has 2 aromatic heterocycles. The van der Waals surface area contributed by atoms with Crippen molar-refractivity contribution in [1.82, 2.24) is 25.2 Å². The molecule has 0 atom stereocenters. The Balaban J connectivity index is 1.54. The lowest BCUT2D eigenvalue weighted by molar-refractivity contribution is -0.137. The van der Waals surface area contributed by atoms with E-state index in [0.717, 1.165) is 34.9 Å². The van der Waals surface area contributed by atoms with Crippen LogP contribution in [-0.2, 0) is 19.1 Å². The molecule has 9 heteroatoms. The summed E-state index contributed by atoms with van der Waals surface area (Å²) in [6.45, 7) is 5.58. The standard InChI is InChI=1S/C22H25F3N6/c1-3-26-21(28-11-10-17-4-7-19(8-5-17)22(23,24)25)30-15-18-6-9-20(29-14-18)31-13-12-27-16(31)2/h4-9,12-14H,3,10-11,15H2,1-2H3,(H2,26,28,30). The maximum Gasteiger partial charge on any atom is 0.416 e. The van der Waals surface area contributed by atoms with Crippen LogP contribution in [0.15, 0.2) is 60.0 Å². The van der Waals surface area contributed by atoms with Gasteiger partial charge in [-0.2, -0.15) is 13.2 Å². The Kier molecular flexibility index (Phi) is 7.28. The molecule has 0 spiro atoms. The summed E-state index contributed by atoms with van der Waals surface area (Å²) in [7, 11) is 0. The van der Waals surface area contributed by atoms with Gasteiger partial charge in [-0.1, -0.05) is 18.2 Å². The summed E-state index contributed by atoms with van der Waals surface area (Å²) in [6, 6.07) is 9.11. The third-order valence-electron chi connectivity index (χ3n) is 4.63. The van der Waals surface area contributed by atoms with Crippen molar-refractivity contribution in [2.75, 3.05) is 13.1 Å². The third-order valence-corrected chi connectivity index (χ3v) is 4.63. The average molecular weight is 430 g/mol. The molecular weight excluding hydrogens is 405 g/mol. The van der Waals surface area contributed by atoms with Gasteiger partial charge < -0.3 is 10.6 Å². The van der Waals surface area contributed by atoms with E-state index in [1.807, 2.05) is 36.7 Å². The SMILES string of the molecule is CCNC(=NCc1ccc(-n2ccnc2C)nc1)NCCc1ccc(C(F)(F)F)cc1. The second kappa shape index (κ2) is 10.1. The van der Waals surface area contributed by atoms with Gasteiger partial charge in [0, 0.05) is 31.7 Å². The van der Waals surface area contributed by atoms with Crippen LogP contribution in [-0.4, -0.2) is 33.6 Å². The number of imidazole rings is 1. The van der Waals surface area contributed by atoms with Gasteiger partial charge in [0.05, 0.1) is 12.1 Å². The van der Waals surface area contributed by atoms with Crippen molar-refractivity contribution in [1.29, 1.82) is 0 Å². The maximum absolute atomic E-state index is 12.7. The van der Waals surface area contributed by atoms with Crippen molar-refractivity contribution < 1.29 is 13.2 Å². The number of pyridine rings is 1. The molecule has 0 aliphatic carbocycles. The molecule has 164 valence electrons. The number of hydrogen-bond acceptors (Lipinski definition) is 3. The van der Waals surface area contributed by atoms with E-state index in [-0.39, 0.29) is 0 Å². The lowest BCUT2D eigenvalue weighted by Crippen LogP contribution is -2.38. The topological polar surface area (TPSA) is 67.1 Å². The number of rotatable bonds is 7. The van der Waals surface area contributed by atoms with Gasteiger partial charge in [0.1, 0.15) is 11.6 Å². The first-order valence-corrected chi connectivity index (χ1v) is 10.0. The zero-order valence-electron chi connectivity index (χ0n) is 17.4. The average Bonchev–Trinajstić information content (AvgIpc) is 3.18. The summed E-state index contributed by atoms with van der Waals surface area (Å²) in [5, 5.41) is 6.38. The fraction of sp³-hybridized carbons (Fsp3) is 0.318. The molecule has 0 saturated heterocycles. The number of benzene rings is 1. The molecule has 0 amide bonds. The van der Waals surface area contributed by atoms with Gasteiger partial charge in [-0.15, -0.1) is 0 Å². The van der Waals surface area contributed by atoms with Crippen LogP contribution in [0.2, 0.25) is 0 Å². The number of aryl methyl sites for hydroxylation is 1. The molecule has 31 heavy (non-hydrogen) atoms. The van der Waals surface area contributed by atoms with Crippen LogP contribution in [0.25, 0.3) is 5.82 Å². The lowest BCUT2D eigenvalue weighted by Gasteiger charge is -2.12. The van der Waals surface area contributed by atoms with E-state index in [0.29, 0.717) is 32.0 Å².